The number of nitrogens with zero attached hydrogens (tertiary/aromatic N) is 2. The van der Waals surface area contributed by atoms with Crippen molar-refractivity contribution >= 4 is 29.4 Å². The van der Waals surface area contributed by atoms with Crippen LogP contribution >= 0.6 is 0 Å². The van der Waals surface area contributed by atoms with E-state index in [9.17, 15) is 18.8 Å². The van der Waals surface area contributed by atoms with Gasteiger partial charge in [-0.15, -0.1) is 0 Å². The van der Waals surface area contributed by atoms with Crippen LogP contribution in [0, 0.1) is 11.7 Å². The zero-order valence-corrected chi connectivity index (χ0v) is 23.4. The van der Waals surface area contributed by atoms with Gasteiger partial charge in [-0.25, -0.2) is 14.0 Å². The number of benzene rings is 1. The summed E-state index contributed by atoms with van der Waals surface area (Å²) in [7, 11) is 2.48. The van der Waals surface area contributed by atoms with E-state index in [-0.39, 0.29) is 11.3 Å². The summed E-state index contributed by atoms with van der Waals surface area (Å²) in [5.41, 5.74) is 1.35. The Hall–Kier alpha value is -3.35. The van der Waals surface area contributed by atoms with Gasteiger partial charge in [0.25, 0.3) is 0 Å². The number of hydrogen-bond acceptors (Lipinski definition) is 9. The second-order valence-electron chi connectivity index (χ2n) is 10.1. The number of nitrogens with one attached hydrogen (secondary N) is 2. The Bertz CT molecular complexity index is 1190. The number of amides is 2. The first kappa shape index (κ1) is 29.6. The average molecular weight is 561 g/mol. The molecule has 218 valence electrons. The predicted octanol–water partition coefficient (Wildman–Crippen LogP) is 2.97. The van der Waals surface area contributed by atoms with Gasteiger partial charge in [0.15, 0.2) is 5.79 Å². The highest BCUT2D eigenvalue weighted by Crippen LogP contribution is 2.41. The molecule has 2 saturated heterocycles. The van der Waals surface area contributed by atoms with E-state index in [2.05, 4.69) is 20.5 Å². The van der Waals surface area contributed by atoms with Crippen LogP contribution < -0.4 is 10.6 Å². The molecule has 2 unspecified atom stereocenters. The molecule has 2 atom stereocenters. The van der Waals surface area contributed by atoms with Crippen molar-refractivity contribution in [2.45, 2.75) is 44.8 Å². The lowest BCUT2D eigenvalue weighted by atomic mass is 9.75. The van der Waals surface area contributed by atoms with Crippen LogP contribution in [0.1, 0.15) is 44.6 Å². The highest BCUT2D eigenvalue weighted by atomic mass is 19.1. The van der Waals surface area contributed by atoms with E-state index in [1.54, 1.807) is 13.8 Å². The van der Waals surface area contributed by atoms with Crippen molar-refractivity contribution in [3.8, 4) is 0 Å². The van der Waals surface area contributed by atoms with E-state index in [0.717, 1.165) is 38.9 Å². The van der Waals surface area contributed by atoms with Gasteiger partial charge < -0.3 is 34.5 Å². The molecule has 1 spiro atoms. The molecule has 0 radical (unpaired) electrons. The minimum absolute atomic E-state index is 0.0847. The summed E-state index contributed by atoms with van der Waals surface area (Å²) in [6.07, 6.45) is 2.37. The van der Waals surface area contributed by atoms with Crippen molar-refractivity contribution in [1.29, 1.82) is 0 Å². The van der Waals surface area contributed by atoms with Gasteiger partial charge in [-0.3, -0.25) is 9.79 Å². The number of rotatable bonds is 8. The lowest BCUT2D eigenvalue weighted by molar-refractivity contribution is -0.185. The molecule has 1 aromatic carbocycles. The number of methoxy groups -OCH3 is 2. The number of carbonyl (C=O) groups excluding carboxylic acids is 3. The van der Waals surface area contributed by atoms with Gasteiger partial charge in [0.05, 0.1) is 38.7 Å². The van der Waals surface area contributed by atoms with Crippen molar-refractivity contribution in [3.05, 3.63) is 40.8 Å². The molecule has 1 aromatic rings. The molecule has 12 heteroatoms. The number of carbonyl (C=O) groups is 3. The zero-order valence-electron chi connectivity index (χ0n) is 23.4. The Balaban J connectivity index is 1.39. The Labute approximate surface area is 233 Å². The van der Waals surface area contributed by atoms with E-state index < -0.39 is 41.4 Å². The first-order valence-corrected chi connectivity index (χ1v) is 13.4. The number of piperidine rings is 1. The molecule has 2 amide bonds. The van der Waals surface area contributed by atoms with E-state index in [4.69, 9.17) is 18.9 Å². The third-order valence-electron chi connectivity index (χ3n) is 7.65. The van der Waals surface area contributed by atoms with E-state index in [0.29, 0.717) is 36.7 Å². The average Bonchev–Trinajstić information content (AvgIpc) is 3.40. The lowest BCUT2D eigenvalue weighted by Crippen LogP contribution is -2.45. The molecule has 3 aliphatic heterocycles. The minimum Gasteiger partial charge on any atom is -0.468 e. The molecule has 3 aliphatic rings. The summed E-state index contributed by atoms with van der Waals surface area (Å²) in [6.45, 7) is 7.54. The third-order valence-corrected chi connectivity index (χ3v) is 7.65. The van der Waals surface area contributed by atoms with Crippen LogP contribution in [0.2, 0.25) is 0 Å². The molecule has 2 N–H and O–H groups in total. The fraction of sp³-hybridized carbons (Fsp3) is 0.571. The smallest absolute Gasteiger partial charge is 0.336 e. The number of hydrogen-bond donors (Lipinski definition) is 2. The molecule has 11 nitrogen and oxygen atoms in total. The maximum atomic E-state index is 14.8. The van der Waals surface area contributed by atoms with Crippen LogP contribution in [0.3, 0.4) is 0 Å². The zero-order chi connectivity index (χ0) is 28.9. The molecule has 2 fully saturated rings. The number of allylic oxidation sites excluding steroid dienone is 1. The Kier molecular flexibility index (Phi) is 9.54. The number of esters is 2. The van der Waals surface area contributed by atoms with Crippen LogP contribution in [0.25, 0.3) is 0 Å². The summed E-state index contributed by atoms with van der Waals surface area (Å²) >= 11 is 0. The Morgan fingerprint density at radius 2 is 1.82 bits per heavy atom. The van der Waals surface area contributed by atoms with E-state index in [1.807, 2.05) is 0 Å². The number of urea groups is 1. The van der Waals surface area contributed by atoms with Crippen molar-refractivity contribution in [1.82, 2.24) is 10.2 Å². The van der Waals surface area contributed by atoms with Crippen LogP contribution in [0.15, 0.2) is 34.5 Å². The van der Waals surface area contributed by atoms with Gasteiger partial charge in [0, 0.05) is 49.8 Å². The van der Waals surface area contributed by atoms with Gasteiger partial charge in [0.1, 0.15) is 11.7 Å². The highest BCUT2D eigenvalue weighted by molar-refractivity contribution is 6.07. The quantitative estimate of drug-likeness (QED) is 0.367. The van der Waals surface area contributed by atoms with Gasteiger partial charge in [-0.2, -0.15) is 0 Å². The maximum absolute atomic E-state index is 14.8. The number of halogens is 1. The number of aliphatic imine (C=N–C) groups is 1. The fourth-order valence-electron chi connectivity index (χ4n) is 5.61. The topological polar surface area (TPSA) is 128 Å². The summed E-state index contributed by atoms with van der Waals surface area (Å²) < 4.78 is 36.2. The monoisotopic (exact) mass is 560 g/mol. The molecule has 40 heavy (non-hydrogen) atoms. The van der Waals surface area contributed by atoms with Crippen molar-refractivity contribution in [2.75, 3.05) is 58.9 Å². The SMILES string of the molecule is COC(=O)C1=C(C)N=C(C)C(C(=O)OC)C1c1ccc(F)c(NC(=O)NCCCN2CCC3(CC2)OCCO3)c1. The normalized spacial score (nSPS) is 22.6. The standard InChI is InChI=1S/C28H37FN4O7/c1-17-22(25(34)37-3)24(23(18(2)31-17)26(35)38-4)19-6-7-20(29)21(16-19)32-27(36)30-10-5-11-33-12-8-28(9-13-33)39-14-15-40-28/h6-7,16,22,24H,5,8-15H2,1-4H3,(H2,30,32,36). The van der Waals surface area contributed by atoms with Gasteiger partial charge in [0.2, 0.25) is 0 Å². The van der Waals surface area contributed by atoms with Gasteiger partial charge >= 0.3 is 18.0 Å². The molecular weight excluding hydrogens is 523 g/mol. The second-order valence-corrected chi connectivity index (χ2v) is 10.1. The van der Waals surface area contributed by atoms with Crippen molar-refractivity contribution < 1.29 is 37.7 Å². The van der Waals surface area contributed by atoms with Crippen LogP contribution in [-0.2, 0) is 28.5 Å². The Morgan fingerprint density at radius 3 is 2.48 bits per heavy atom. The molecule has 0 aliphatic carbocycles. The Morgan fingerprint density at radius 1 is 1.12 bits per heavy atom. The first-order valence-electron chi connectivity index (χ1n) is 13.4. The summed E-state index contributed by atoms with van der Waals surface area (Å²) in [6, 6.07) is 3.51. The number of anilines is 1. The first-order chi connectivity index (χ1) is 19.2. The summed E-state index contributed by atoms with van der Waals surface area (Å²) in [5.74, 6) is -4.09. The van der Waals surface area contributed by atoms with Crippen molar-refractivity contribution in [2.24, 2.45) is 10.9 Å². The predicted molar refractivity (Wildman–Crippen MR) is 144 cm³/mol. The largest absolute Gasteiger partial charge is 0.468 e. The lowest BCUT2D eigenvalue weighted by Gasteiger charge is -2.37. The van der Waals surface area contributed by atoms with E-state index >= 15 is 0 Å². The second kappa shape index (κ2) is 12.9. The van der Waals surface area contributed by atoms with Gasteiger partial charge in [-0.05, 0) is 44.5 Å². The van der Waals surface area contributed by atoms with Crippen LogP contribution in [-0.4, -0.2) is 88.0 Å². The molecule has 0 saturated carbocycles. The van der Waals surface area contributed by atoms with Crippen LogP contribution in [0.5, 0.6) is 0 Å². The maximum Gasteiger partial charge on any atom is 0.336 e. The van der Waals surface area contributed by atoms with E-state index in [1.165, 1.54) is 32.4 Å². The molecular formula is C28H37FN4O7. The third kappa shape index (κ3) is 6.51. The molecule has 4 rings (SSSR count). The number of ether oxygens (including phenoxy) is 4. The fourth-order valence-corrected chi connectivity index (χ4v) is 5.61. The number of likely N-dealkylation sites (tertiary alicyclic amines) is 1. The highest BCUT2D eigenvalue weighted by Gasteiger charge is 2.42. The molecule has 3 heterocycles. The van der Waals surface area contributed by atoms with Gasteiger partial charge in [-0.1, -0.05) is 6.07 Å². The minimum atomic E-state index is -0.925. The summed E-state index contributed by atoms with van der Waals surface area (Å²) in [4.78, 5) is 44.7. The molecule has 0 aromatic heterocycles. The van der Waals surface area contributed by atoms with Crippen LogP contribution in [0.4, 0.5) is 14.9 Å². The van der Waals surface area contributed by atoms with Crippen molar-refractivity contribution in [3.63, 3.8) is 0 Å². The molecule has 0 bridgehead atoms. The summed E-state index contributed by atoms with van der Waals surface area (Å²) in [5, 5.41) is 5.31.